The molecule has 0 spiro atoms. The van der Waals surface area contributed by atoms with E-state index in [2.05, 4.69) is 4.90 Å². The van der Waals surface area contributed by atoms with Crippen molar-refractivity contribution in [3.8, 4) is 0 Å². The lowest BCUT2D eigenvalue weighted by Crippen LogP contribution is -2.41. The topological polar surface area (TPSA) is 36.3 Å². The van der Waals surface area contributed by atoms with Crippen molar-refractivity contribution in [2.75, 3.05) is 19.7 Å². The molecule has 3 nitrogen and oxygen atoms in total. The van der Waals surface area contributed by atoms with Gasteiger partial charge in [-0.05, 0) is 32.1 Å². The van der Waals surface area contributed by atoms with Crippen LogP contribution < -0.4 is 0 Å². The molecule has 13 heavy (non-hydrogen) atoms. The van der Waals surface area contributed by atoms with E-state index in [0.717, 1.165) is 38.4 Å². The monoisotopic (exact) mass is 182 g/mol. The number of amidine groups is 1. The summed E-state index contributed by atoms with van der Waals surface area (Å²) in [6, 6.07) is 0. The minimum atomic E-state index is 0.109. The Morgan fingerprint density at radius 1 is 1.15 bits per heavy atom. The van der Waals surface area contributed by atoms with Crippen LogP contribution in [0.2, 0.25) is 0 Å². The number of piperidine rings is 1. The minimum Gasteiger partial charge on any atom is -0.370 e. The molecule has 2 aliphatic heterocycles. The summed E-state index contributed by atoms with van der Waals surface area (Å²) in [7, 11) is 0. The van der Waals surface area contributed by atoms with Crippen LogP contribution in [0.4, 0.5) is 0 Å². The quantitative estimate of drug-likeness (QED) is 0.494. The summed E-state index contributed by atoms with van der Waals surface area (Å²) in [4.78, 5) is 2.19. The van der Waals surface area contributed by atoms with Crippen LogP contribution in [-0.2, 0) is 4.74 Å². The van der Waals surface area contributed by atoms with Crippen molar-refractivity contribution < 1.29 is 4.74 Å². The van der Waals surface area contributed by atoms with Crippen molar-refractivity contribution in [3.05, 3.63) is 0 Å². The predicted octanol–water partition coefficient (Wildman–Crippen LogP) is 1.63. The SMILES string of the molecule is N=C(C1CCCO1)N1CCCCC1. The average Bonchev–Trinajstić information content (AvgIpc) is 2.71. The molecular formula is C10H18N2O. The van der Waals surface area contributed by atoms with E-state index >= 15 is 0 Å². The van der Waals surface area contributed by atoms with Gasteiger partial charge in [-0.15, -0.1) is 0 Å². The van der Waals surface area contributed by atoms with Gasteiger partial charge in [0.1, 0.15) is 11.9 Å². The first-order valence-corrected chi connectivity index (χ1v) is 5.33. The first kappa shape index (κ1) is 9.00. The van der Waals surface area contributed by atoms with Crippen molar-refractivity contribution in [2.24, 2.45) is 0 Å². The third-order valence-corrected chi connectivity index (χ3v) is 2.93. The summed E-state index contributed by atoms with van der Waals surface area (Å²) in [5.74, 6) is 0.734. The first-order chi connectivity index (χ1) is 6.38. The number of hydrogen-bond acceptors (Lipinski definition) is 2. The van der Waals surface area contributed by atoms with Crippen LogP contribution in [-0.4, -0.2) is 36.5 Å². The smallest absolute Gasteiger partial charge is 0.126 e. The Bertz CT molecular complexity index is 181. The molecule has 1 atom stereocenters. The lowest BCUT2D eigenvalue weighted by atomic mass is 10.1. The van der Waals surface area contributed by atoms with E-state index in [0.29, 0.717) is 0 Å². The van der Waals surface area contributed by atoms with Gasteiger partial charge < -0.3 is 9.64 Å². The zero-order chi connectivity index (χ0) is 9.10. The number of rotatable bonds is 1. The summed E-state index contributed by atoms with van der Waals surface area (Å²) in [5.41, 5.74) is 0. The van der Waals surface area contributed by atoms with E-state index in [-0.39, 0.29) is 6.10 Å². The Labute approximate surface area is 79.6 Å². The Balaban J connectivity index is 1.87. The predicted molar refractivity (Wildman–Crippen MR) is 52.1 cm³/mol. The van der Waals surface area contributed by atoms with E-state index in [4.69, 9.17) is 10.1 Å². The second-order valence-corrected chi connectivity index (χ2v) is 3.93. The van der Waals surface area contributed by atoms with E-state index in [1.165, 1.54) is 19.3 Å². The van der Waals surface area contributed by atoms with Crippen LogP contribution in [0, 0.1) is 5.41 Å². The third kappa shape index (κ3) is 2.02. The zero-order valence-corrected chi connectivity index (χ0v) is 8.09. The Kier molecular flexibility index (Phi) is 2.83. The summed E-state index contributed by atoms with van der Waals surface area (Å²) in [6.45, 7) is 2.98. The molecule has 2 aliphatic rings. The highest BCUT2D eigenvalue weighted by Gasteiger charge is 2.25. The minimum absolute atomic E-state index is 0.109. The van der Waals surface area contributed by atoms with Gasteiger partial charge in [0.2, 0.25) is 0 Å². The molecule has 74 valence electrons. The number of likely N-dealkylation sites (tertiary alicyclic amines) is 1. The molecule has 2 heterocycles. The molecular weight excluding hydrogens is 164 g/mol. The van der Waals surface area contributed by atoms with Gasteiger partial charge in [-0.3, -0.25) is 5.41 Å². The molecule has 1 unspecified atom stereocenters. The van der Waals surface area contributed by atoms with Crippen molar-refractivity contribution in [3.63, 3.8) is 0 Å². The standard InChI is InChI=1S/C10H18N2O/c11-10(9-5-4-8-13-9)12-6-2-1-3-7-12/h9,11H,1-8H2. The molecule has 0 saturated carbocycles. The molecule has 2 fully saturated rings. The highest BCUT2D eigenvalue weighted by molar-refractivity contribution is 5.84. The number of hydrogen-bond donors (Lipinski definition) is 1. The lowest BCUT2D eigenvalue weighted by Gasteiger charge is -2.31. The fraction of sp³-hybridized carbons (Fsp3) is 0.900. The largest absolute Gasteiger partial charge is 0.370 e. The van der Waals surface area contributed by atoms with Crippen molar-refractivity contribution in [1.82, 2.24) is 4.90 Å². The van der Waals surface area contributed by atoms with Gasteiger partial charge in [-0.2, -0.15) is 0 Å². The van der Waals surface area contributed by atoms with Gasteiger partial charge in [0, 0.05) is 19.7 Å². The Morgan fingerprint density at radius 3 is 2.54 bits per heavy atom. The van der Waals surface area contributed by atoms with Crippen LogP contribution in [0.1, 0.15) is 32.1 Å². The molecule has 1 N–H and O–H groups in total. The number of nitrogens with one attached hydrogen (secondary N) is 1. The van der Waals surface area contributed by atoms with Crippen molar-refractivity contribution >= 4 is 5.84 Å². The van der Waals surface area contributed by atoms with E-state index in [1.54, 1.807) is 0 Å². The van der Waals surface area contributed by atoms with Crippen LogP contribution in [0.25, 0.3) is 0 Å². The van der Waals surface area contributed by atoms with E-state index in [9.17, 15) is 0 Å². The molecule has 2 rings (SSSR count). The van der Waals surface area contributed by atoms with Gasteiger partial charge in [0.15, 0.2) is 0 Å². The first-order valence-electron chi connectivity index (χ1n) is 5.33. The zero-order valence-electron chi connectivity index (χ0n) is 8.09. The van der Waals surface area contributed by atoms with Crippen molar-refractivity contribution in [1.29, 1.82) is 5.41 Å². The van der Waals surface area contributed by atoms with E-state index in [1.807, 2.05) is 0 Å². The molecule has 0 aromatic heterocycles. The number of nitrogens with zero attached hydrogens (tertiary/aromatic N) is 1. The molecule has 0 amide bonds. The third-order valence-electron chi connectivity index (χ3n) is 2.93. The summed E-state index contributed by atoms with van der Waals surface area (Å²) in [5, 5.41) is 7.98. The maximum absolute atomic E-state index is 7.98. The van der Waals surface area contributed by atoms with Crippen LogP contribution in [0.3, 0.4) is 0 Å². The lowest BCUT2D eigenvalue weighted by molar-refractivity contribution is 0.143. The molecule has 0 aliphatic carbocycles. The van der Waals surface area contributed by atoms with Gasteiger partial charge >= 0.3 is 0 Å². The molecule has 3 heteroatoms. The fourth-order valence-corrected chi connectivity index (χ4v) is 2.13. The van der Waals surface area contributed by atoms with E-state index < -0.39 is 0 Å². The Morgan fingerprint density at radius 2 is 1.92 bits per heavy atom. The van der Waals surface area contributed by atoms with Crippen LogP contribution >= 0.6 is 0 Å². The highest BCUT2D eigenvalue weighted by Crippen LogP contribution is 2.17. The van der Waals surface area contributed by atoms with Gasteiger partial charge in [-0.1, -0.05) is 0 Å². The summed E-state index contributed by atoms with van der Waals surface area (Å²) < 4.78 is 5.50. The second kappa shape index (κ2) is 4.09. The van der Waals surface area contributed by atoms with Crippen molar-refractivity contribution in [2.45, 2.75) is 38.2 Å². The maximum atomic E-state index is 7.98. The van der Waals surface area contributed by atoms with Crippen LogP contribution in [0.5, 0.6) is 0 Å². The second-order valence-electron chi connectivity index (χ2n) is 3.93. The highest BCUT2D eigenvalue weighted by atomic mass is 16.5. The average molecular weight is 182 g/mol. The normalized spacial score (nSPS) is 29.2. The van der Waals surface area contributed by atoms with Gasteiger partial charge in [-0.25, -0.2) is 0 Å². The maximum Gasteiger partial charge on any atom is 0.126 e. The van der Waals surface area contributed by atoms with Gasteiger partial charge in [0.25, 0.3) is 0 Å². The van der Waals surface area contributed by atoms with Crippen LogP contribution in [0.15, 0.2) is 0 Å². The molecule has 0 radical (unpaired) electrons. The molecule has 0 bridgehead atoms. The number of ether oxygens (including phenoxy) is 1. The molecule has 2 saturated heterocycles. The Hall–Kier alpha value is -0.570. The molecule has 0 aromatic carbocycles. The summed E-state index contributed by atoms with van der Waals surface area (Å²) in [6.07, 6.45) is 6.11. The molecule has 0 aromatic rings. The van der Waals surface area contributed by atoms with Gasteiger partial charge in [0.05, 0.1) is 0 Å². The fourth-order valence-electron chi connectivity index (χ4n) is 2.13. The summed E-state index contributed by atoms with van der Waals surface area (Å²) >= 11 is 0.